The molecule has 1 fully saturated rings. The molecule has 18 heavy (non-hydrogen) atoms. The van der Waals surface area contributed by atoms with E-state index >= 15 is 0 Å². The molecule has 1 heterocycles. The van der Waals surface area contributed by atoms with Gasteiger partial charge in [-0.25, -0.2) is 4.39 Å². The SMILES string of the molecule is CC1CC(NCc2cccc(C#N)c2F)CCO1. The molecule has 4 heteroatoms. The Morgan fingerprint density at radius 1 is 1.56 bits per heavy atom. The lowest BCUT2D eigenvalue weighted by Gasteiger charge is -2.28. The maximum atomic E-state index is 13.8. The van der Waals surface area contributed by atoms with Gasteiger partial charge in [-0.3, -0.25) is 0 Å². The first-order chi connectivity index (χ1) is 8.70. The summed E-state index contributed by atoms with van der Waals surface area (Å²) in [4.78, 5) is 0. The molecule has 1 aromatic rings. The molecule has 2 unspecified atom stereocenters. The normalized spacial score (nSPS) is 23.6. The molecule has 2 atom stereocenters. The number of halogens is 1. The fourth-order valence-electron chi connectivity index (χ4n) is 2.24. The van der Waals surface area contributed by atoms with Crippen LogP contribution in [0.5, 0.6) is 0 Å². The zero-order valence-electron chi connectivity index (χ0n) is 10.4. The Labute approximate surface area is 107 Å². The van der Waals surface area contributed by atoms with Crippen molar-refractivity contribution >= 4 is 0 Å². The van der Waals surface area contributed by atoms with Crippen LogP contribution < -0.4 is 5.32 Å². The summed E-state index contributed by atoms with van der Waals surface area (Å²) in [7, 11) is 0. The van der Waals surface area contributed by atoms with E-state index in [9.17, 15) is 4.39 Å². The molecular weight excluding hydrogens is 231 g/mol. The third-order valence-corrected chi connectivity index (χ3v) is 3.27. The molecule has 3 nitrogen and oxygen atoms in total. The lowest BCUT2D eigenvalue weighted by atomic mass is 10.0. The zero-order chi connectivity index (χ0) is 13.0. The summed E-state index contributed by atoms with van der Waals surface area (Å²) < 4.78 is 19.3. The Bertz CT molecular complexity index is 456. The molecule has 0 aromatic heterocycles. The van der Waals surface area contributed by atoms with E-state index in [2.05, 4.69) is 5.32 Å². The van der Waals surface area contributed by atoms with Crippen LogP contribution in [-0.2, 0) is 11.3 Å². The third kappa shape index (κ3) is 3.06. The quantitative estimate of drug-likeness (QED) is 0.893. The first-order valence-corrected chi connectivity index (χ1v) is 6.23. The Balaban J connectivity index is 1.96. The van der Waals surface area contributed by atoms with Gasteiger partial charge in [-0.05, 0) is 25.8 Å². The Kier molecular flexibility index (Phi) is 4.29. The van der Waals surface area contributed by atoms with Crippen molar-refractivity contribution in [1.82, 2.24) is 5.32 Å². The molecule has 0 amide bonds. The molecule has 0 spiro atoms. The average Bonchev–Trinajstić information content (AvgIpc) is 2.38. The second-order valence-electron chi connectivity index (χ2n) is 4.67. The number of rotatable bonds is 3. The van der Waals surface area contributed by atoms with Crippen LogP contribution >= 0.6 is 0 Å². The number of ether oxygens (including phenoxy) is 1. The summed E-state index contributed by atoms with van der Waals surface area (Å²) in [5.74, 6) is -0.410. The number of hydrogen-bond donors (Lipinski definition) is 1. The molecule has 0 saturated carbocycles. The molecule has 1 aliphatic heterocycles. The maximum Gasteiger partial charge on any atom is 0.145 e. The molecule has 0 bridgehead atoms. The number of nitrogens with one attached hydrogen (secondary N) is 1. The van der Waals surface area contributed by atoms with Gasteiger partial charge in [-0.1, -0.05) is 12.1 Å². The minimum absolute atomic E-state index is 0.106. The van der Waals surface area contributed by atoms with Crippen LogP contribution in [0.2, 0.25) is 0 Å². The monoisotopic (exact) mass is 248 g/mol. The molecule has 96 valence electrons. The van der Waals surface area contributed by atoms with Crippen LogP contribution in [-0.4, -0.2) is 18.8 Å². The predicted molar refractivity (Wildman–Crippen MR) is 66.4 cm³/mol. The van der Waals surface area contributed by atoms with Gasteiger partial charge in [0, 0.05) is 24.8 Å². The van der Waals surface area contributed by atoms with Crippen LogP contribution in [0.25, 0.3) is 0 Å². The predicted octanol–water partition coefficient (Wildman–Crippen LogP) is 2.35. The summed E-state index contributed by atoms with van der Waals surface area (Å²) in [5.41, 5.74) is 0.655. The summed E-state index contributed by atoms with van der Waals surface area (Å²) in [6.07, 6.45) is 2.15. The lowest BCUT2D eigenvalue weighted by molar-refractivity contribution is 0.0130. The van der Waals surface area contributed by atoms with E-state index in [4.69, 9.17) is 10.00 Å². The van der Waals surface area contributed by atoms with Crippen LogP contribution in [0.15, 0.2) is 18.2 Å². The highest BCUT2D eigenvalue weighted by Crippen LogP contribution is 2.16. The second kappa shape index (κ2) is 5.94. The van der Waals surface area contributed by atoms with Gasteiger partial charge in [0.2, 0.25) is 0 Å². The summed E-state index contributed by atoms with van der Waals surface area (Å²) in [5, 5.41) is 12.1. The fraction of sp³-hybridized carbons (Fsp3) is 0.500. The first-order valence-electron chi connectivity index (χ1n) is 6.23. The molecule has 1 aromatic carbocycles. The van der Waals surface area contributed by atoms with Gasteiger partial charge in [0.25, 0.3) is 0 Å². The van der Waals surface area contributed by atoms with Crippen LogP contribution in [0.3, 0.4) is 0 Å². The highest BCUT2D eigenvalue weighted by Gasteiger charge is 2.19. The van der Waals surface area contributed by atoms with Crippen LogP contribution in [0.1, 0.15) is 30.9 Å². The standard InChI is InChI=1S/C14H17FN2O/c1-10-7-13(5-6-18-10)17-9-12-4-2-3-11(8-16)14(12)15/h2-4,10,13,17H,5-7,9H2,1H3. The Morgan fingerprint density at radius 2 is 2.39 bits per heavy atom. The van der Waals surface area contributed by atoms with Crippen molar-refractivity contribution in [3.05, 3.63) is 35.1 Å². The van der Waals surface area contributed by atoms with Crippen molar-refractivity contribution in [1.29, 1.82) is 5.26 Å². The van der Waals surface area contributed by atoms with E-state index in [0.29, 0.717) is 18.2 Å². The topological polar surface area (TPSA) is 45.0 Å². The van der Waals surface area contributed by atoms with Gasteiger partial charge in [-0.2, -0.15) is 5.26 Å². The summed E-state index contributed by atoms with van der Waals surface area (Å²) in [6.45, 7) is 3.25. The van der Waals surface area contributed by atoms with E-state index in [-0.39, 0.29) is 11.7 Å². The average molecular weight is 248 g/mol. The number of nitriles is 1. The Morgan fingerprint density at radius 3 is 3.11 bits per heavy atom. The van der Waals surface area contributed by atoms with Gasteiger partial charge in [0.15, 0.2) is 0 Å². The van der Waals surface area contributed by atoms with Crippen molar-refractivity contribution in [2.45, 2.75) is 38.5 Å². The van der Waals surface area contributed by atoms with Crippen molar-refractivity contribution in [3.63, 3.8) is 0 Å². The molecular formula is C14H17FN2O. The van der Waals surface area contributed by atoms with E-state index in [0.717, 1.165) is 19.4 Å². The van der Waals surface area contributed by atoms with Gasteiger partial charge >= 0.3 is 0 Å². The van der Waals surface area contributed by atoms with Crippen LogP contribution in [0.4, 0.5) is 4.39 Å². The van der Waals surface area contributed by atoms with Gasteiger partial charge < -0.3 is 10.1 Å². The molecule has 1 aliphatic rings. The minimum Gasteiger partial charge on any atom is -0.378 e. The fourth-order valence-corrected chi connectivity index (χ4v) is 2.24. The molecule has 0 aliphatic carbocycles. The first kappa shape index (κ1) is 13.0. The molecule has 0 radical (unpaired) electrons. The van der Waals surface area contributed by atoms with E-state index < -0.39 is 5.82 Å². The van der Waals surface area contributed by atoms with E-state index in [1.165, 1.54) is 6.07 Å². The van der Waals surface area contributed by atoms with E-state index in [1.54, 1.807) is 12.1 Å². The number of hydrogen-bond acceptors (Lipinski definition) is 3. The summed E-state index contributed by atoms with van der Waals surface area (Å²) in [6, 6.07) is 7.14. The van der Waals surface area contributed by atoms with Crippen LogP contribution in [0, 0.1) is 17.1 Å². The van der Waals surface area contributed by atoms with Gasteiger partial charge in [0.05, 0.1) is 11.7 Å². The molecule has 1 saturated heterocycles. The van der Waals surface area contributed by atoms with Crippen molar-refractivity contribution in [2.24, 2.45) is 0 Å². The molecule has 1 N–H and O–H groups in total. The molecule has 2 rings (SSSR count). The van der Waals surface area contributed by atoms with Gasteiger partial charge in [-0.15, -0.1) is 0 Å². The highest BCUT2D eigenvalue weighted by molar-refractivity contribution is 5.34. The van der Waals surface area contributed by atoms with Gasteiger partial charge in [0.1, 0.15) is 11.9 Å². The third-order valence-electron chi connectivity index (χ3n) is 3.27. The summed E-state index contributed by atoms with van der Waals surface area (Å²) >= 11 is 0. The maximum absolute atomic E-state index is 13.8. The highest BCUT2D eigenvalue weighted by atomic mass is 19.1. The Hall–Kier alpha value is -1.44. The van der Waals surface area contributed by atoms with Crippen molar-refractivity contribution in [3.8, 4) is 6.07 Å². The largest absolute Gasteiger partial charge is 0.378 e. The number of benzene rings is 1. The smallest absolute Gasteiger partial charge is 0.145 e. The zero-order valence-corrected chi connectivity index (χ0v) is 10.4. The van der Waals surface area contributed by atoms with E-state index in [1.807, 2.05) is 13.0 Å². The van der Waals surface area contributed by atoms with Crippen molar-refractivity contribution < 1.29 is 9.13 Å². The minimum atomic E-state index is -0.410. The van der Waals surface area contributed by atoms with Crippen molar-refractivity contribution in [2.75, 3.05) is 6.61 Å². The number of nitrogens with zero attached hydrogens (tertiary/aromatic N) is 1. The lowest BCUT2D eigenvalue weighted by Crippen LogP contribution is -2.37. The second-order valence-corrected chi connectivity index (χ2v) is 4.67.